The van der Waals surface area contributed by atoms with Gasteiger partial charge in [0.2, 0.25) is 0 Å². The Kier molecular flexibility index (Phi) is 7.44. The minimum Gasteiger partial charge on any atom is -0.295 e. The molecule has 0 saturated carbocycles. The fraction of sp³-hybridized carbons (Fsp3) is 0.571. The third-order valence-electron chi connectivity index (χ3n) is 2.51. The minimum absolute atomic E-state index is 0.151. The van der Waals surface area contributed by atoms with Crippen LogP contribution in [-0.4, -0.2) is 11.6 Å². The predicted octanol–water partition coefficient (Wildman–Crippen LogP) is 3.62. The first-order valence-electron chi connectivity index (χ1n) is 5.82. The number of ketones is 2. The highest BCUT2D eigenvalue weighted by Crippen LogP contribution is 2.09. The molecule has 0 bridgehead atoms. The van der Waals surface area contributed by atoms with Gasteiger partial charge in [-0.05, 0) is 37.8 Å². The zero-order valence-electron chi connectivity index (χ0n) is 10.5. The Hall–Kier alpha value is -1.18. The number of hydrogen-bond donors (Lipinski definition) is 0. The van der Waals surface area contributed by atoms with Crippen molar-refractivity contribution in [3.63, 3.8) is 0 Å². The fourth-order valence-corrected chi connectivity index (χ4v) is 1.35. The van der Waals surface area contributed by atoms with E-state index in [1.807, 2.05) is 0 Å². The van der Waals surface area contributed by atoms with Gasteiger partial charge in [-0.2, -0.15) is 0 Å². The second kappa shape index (κ2) is 8.03. The van der Waals surface area contributed by atoms with E-state index >= 15 is 0 Å². The molecule has 0 aromatic rings. The van der Waals surface area contributed by atoms with Gasteiger partial charge in [-0.25, -0.2) is 0 Å². The SMILES string of the molecule is C=C(C)C(=O)CCCCCCC(=O)C(=C)C. The normalized spacial score (nSPS) is 9.88. The summed E-state index contributed by atoms with van der Waals surface area (Å²) in [6.45, 7) is 10.7. The molecule has 0 N–H and O–H groups in total. The molecule has 0 atom stereocenters. The van der Waals surface area contributed by atoms with E-state index in [1.165, 1.54) is 0 Å². The molecule has 0 radical (unpaired) electrons. The number of unbranched alkanes of at least 4 members (excludes halogenated alkanes) is 3. The topological polar surface area (TPSA) is 34.1 Å². The molecule has 0 aliphatic carbocycles. The van der Waals surface area contributed by atoms with Gasteiger partial charge in [0.25, 0.3) is 0 Å². The molecule has 0 saturated heterocycles. The standard InChI is InChI=1S/C14H22O2/c1-11(2)13(15)9-7-5-6-8-10-14(16)12(3)4/h1,3,5-10H2,2,4H3. The fourth-order valence-electron chi connectivity index (χ4n) is 1.35. The van der Waals surface area contributed by atoms with Gasteiger partial charge in [0, 0.05) is 12.8 Å². The highest BCUT2D eigenvalue weighted by atomic mass is 16.1. The van der Waals surface area contributed by atoms with Crippen molar-refractivity contribution in [1.29, 1.82) is 0 Å². The first-order valence-corrected chi connectivity index (χ1v) is 5.82. The monoisotopic (exact) mass is 222 g/mol. The number of carbonyl (C=O) groups excluding carboxylic acids is 2. The Bertz CT molecular complexity index is 257. The Balaban J connectivity index is 3.41. The Morgan fingerprint density at radius 2 is 1.06 bits per heavy atom. The van der Waals surface area contributed by atoms with Crippen molar-refractivity contribution in [2.75, 3.05) is 0 Å². The first-order chi connectivity index (χ1) is 7.45. The van der Waals surface area contributed by atoms with Gasteiger partial charge in [-0.1, -0.05) is 26.0 Å². The maximum Gasteiger partial charge on any atom is 0.157 e. The summed E-state index contributed by atoms with van der Waals surface area (Å²) in [6.07, 6.45) is 4.97. The lowest BCUT2D eigenvalue weighted by atomic mass is 10.0. The third-order valence-corrected chi connectivity index (χ3v) is 2.51. The van der Waals surface area contributed by atoms with Crippen molar-refractivity contribution >= 4 is 11.6 Å². The van der Waals surface area contributed by atoms with Crippen molar-refractivity contribution in [2.45, 2.75) is 52.4 Å². The molecule has 0 aliphatic rings. The lowest BCUT2D eigenvalue weighted by molar-refractivity contribution is -0.116. The number of allylic oxidation sites excluding steroid dienone is 2. The molecule has 0 aliphatic heterocycles. The van der Waals surface area contributed by atoms with Gasteiger partial charge in [0.1, 0.15) is 0 Å². The summed E-state index contributed by atoms with van der Waals surface area (Å²) in [6, 6.07) is 0. The van der Waals surface area contributed by atoms with Crippen molar-refractivity contribution in [2.24, 2.45) is 0 Å². The number of carbonyl (C=O) groups is 2. The minimum atomic E-state index is 0.151. The highest BCUT2D eigenvalue weighted by molar-refractivity contribution is 5.94. The van der Waals surface area contributed by atoms with Crippen LogP contribution in [0.1, 0.15) is 52.4 Å². The smallest absolute Gasteiger partial charge is 0.157 e. The van der Waals surface area contributed by atoms with Gasteiger partial charge in [-0.3, -0.25) is 9.59 Å². The van der Waals surface area contributed by atoms with E-state index in [0.717, 1.165) is 25.7 Å². The average Bonchev–Trinajstić information content (AvgIpc) is 2.21. The van der Waals surface area contributed by atoms with E-state index in [9.17, 15) is 9.59 Å². The lowest BCUT2D eigenvalue weighted by Gasteiger charge is -2.01. The molecule has 2 nitrogen and oxygen atoms in total. The third kappa shape index (κ3) is 7.16. The number of Topliss-reactive ketones (excluding diaryl/α,β-unsaturated/α-hetero) is 2. The molecule has 16 heavy (non-hydrogen) atoms. The molecule has 0 aromatic carbocycles. The van der Waals surface area contributed by atoms with Crippen molar-refractivity contribution in [3.05, 3.63) is 24.3 Å². The summed E-state index contributed by atoms with van der Waals surface area (Å²) < 4.78 is 0. The van der Waals surface area contributed by atoms with Crippen LogP contribution < -0.4 is 0 Å². The molecule has 0 rings (SSSR count). The maximum absolute atomic E-state index is 11.2. The van der Waals surface area contributed by atoms with Gasteiger partial charge < -0.3 is 0 Å². The van der Waals surface area contributed by atoms with Crippen LogP contribution in [0.5, 0.6) is 0 Å². The zero-order valence-corrected chi connectivity index (χ0v) is 10.5. The van der Waals surface area contributed by atoms with Crippen LogP contribution in [0.2, 0.25) is 0 Å². The average molecular weight is 222 g/mol. The molecular formula is C14H22O2. The molecule has 0 heterocycles. The molecule has 0 spiro atoms. The number of rotatable bonds is 9. The molecule has 0 fully saturated rings. The lowest BCUT2D eigenvalue weighted by Crippen LogP contribution is -1.99. The second-order valence-electron chi connectivity index (χ2n) is 4.32. The van der Waals surface area contributed by atoms with Crippen molar-refractivity contribution in [1.82, 2.24) is 0 Å². The van der Waals surface area contributed by atoms with Crippen LogP contribution >= 0.6 is 0 Å². The Labute approximate surface area is 98.4 Å². The molecule has 2 heteroatoms. The predicted molar refractivity (Wildman–Crippen MR) is 67.3 cm³/mol. The molecule has 0 unspecified atom stereocenters. The van der Waals surface area contributed by atoms with Crippen molar-refractivity contribution < 1.29 is 9.59 Å². The van der Waals surface area contributed by atoms with E-state index in [-0.39, 0.29) is 11.6 Å². The van der Waals surface area contributed by atoms with Gasteiger partial charge in [0.05, 0.1) is 0 Å². The molecule has 0 amide bonds. The summed E-state index contributed by atoms with van der Waals surface area (Å²) in [5.74, 6) is 0.302. The summed E-state index contributed by atoms with van der Waals surface area (Å²) in [5.41, 5.74) is 1.27. The van der Waals surface area contributed by atoms with Crippen LogP contribution in [0.4, 0.5) is 0 Å². The van der Waals surface area contributed by atoms with Crippen LogP contribution in [0.3, 0.4) is 0 Å². The quantitative estimate of drug-likeness (QED) is 0.441. The van der Waals surface area contributed by atoms with E-state index < -0.39 is 0 Å². The molecular weight excluding hydrogens is 200 g/mol. The first kappa shape index (κ1) is 14.8. The van der Waals surface area contributed by atoms with Crippen LogP contribution in [-0.2, 0) is 9.59 Å². The van der Waals surface area contributed by atoms with E-state index in [2.05, 4.69) is 13.2 Å². The van der Waals surface area contributed by atoms with Crippen LogP contribution in [0.25, 0.3) is 0 Å². The van der Waals surface area contributed by atoms with Crippen LogP contribution in [0, 0.1) is 0 Å². The zero-order chi connectivity index (χ0) is 12.6. The van der Waals surface area contributed by atoms with E-state index in [1.54, 1.807) is 13.8 Å². The van der Waals surface area contributed by atoms with Crippen LogP contribution in [0.15, 0.2) is 24.3 Å². The Morgan fingerprint density at radius 1 is 0.750 bits per heavy atom. The maximum atomic E-state index is 11.2. The molecule has 90 valence electrons. The summed E-state index contributed by atoms with van der Waals surface area (Å²) in [7, 11) is 0. The second-order valence-corrected chi connectivity index (χ2v) is 4.32. The number of hydrogen-bond acceptors (Lipinski definition) is 2. The molecule has 0 aromatic heterocycles. The van der Waals surface area contributed by atoms with E-state index in [0.29, 0.717) is 24.0 Å². The summed E-state index contributed by atoms with van der Waals surface area (Å²) in [5, 5.41) is 0. The van der Waals surface area contributed by atoms with Gasteiger partial charge in [0.15, 0.2) is 11.6 Å². The summed E-state index contributed by atoms with van der Waals surface area (Å²) in [4.78, 5) is 22.4. The van der Waals surface area contributed by atoms with Crippen molar-refractivity contribution in [3.8, 4) is 0 Å². The van der Waals surface area contributed by atoms with Gasteiger partial charge in [-0.15, -0.1) is 0 Å². The van der Waals surface area contributed by atoms with E-state index in [4.69, 9.17) is 0 Å². The van der Waals surface area contributed by atoms with Gasteiger partial charge >= 0.3 is 0 Å². The largest absolute Gasteiger partial charge is 0.295 e. The Morgan fingerprint density at radius 3 is 1.31 bits per heavy atom. The highest BCUT2D eigenvalue weighted by Gasteiger charge is 2.03. The summed E-state index contributed by atoms with van der Waals surface area (Å²) >= 11 is 0.